The molecule has 102 valence electrons. The lowest BCUT2D eigenvalue weighted by molar-refractivity contribution is 0.234. The van der Waals surface area contributed by atoms with Gasteiger partial charge in [0.05, 0.1) is 5.39 Å². The van der Waals surface area contributed by atoms with E-state index >= 15 is 0 Å². The van der Waals surface area contributed by atoms with Gasteiger partial charge in [0.1, 0.15) is 17.8 Å². The third kappa shape index (κ3) is 2.87. The first-order chi connectivity index (χ1) is 9.36. The van der Waals surface area contributed by atoms with Crippen molar-refractivity contribution in [2.24, 2.45) is 0 Å². The van der Waals surface area contributed by atoms with Crippen molar-refractivity contribution in [3.8, 4) is 5.88 Å². The van der Waals surface area contributed by atoms with E-state index in [9.17, 15) is 0 Å². The van der Waals surface area contributed by atoms with E-state index in [4.69, 9.17) is 4.74 Å². The predicted octanol–water partition coefficient (Wildman–Crippen LogP) is 2.77. The van der Waals surface area contributed by atoms with Gasteiger partial charge in [-0.15, -0.1) is 11.3 Å². The van der Waals surface area contributed by atoms with Crippen LogP contribution in [0.25, 0.3) is 10.2 Å². The Morgan fingerprint density at radius 2 is 2.37 bits per heavy atom. The van der Waals surface area contributed by atoms with E-state index in [0.717, 1.165) is 29.1 Å². The van der Waals surface area contributed by atoms with Crippen molar-refractivity contribution in [1.29, 1.82) is 0 Å². The lowest BCUT2D eigenvalue weighted by Gasteiger charge is -2.23. The van der Waals surface area contributed by atoms with Crippen LogP contribution in [-0.2, 0) is 6.42 Å². The van der Waals surface area contributed by atoms with E-state index in [0.29, 0.717) is 12.6 Å². The fraction of sp³-hybridized carbons (Fsp3) is 0.571. The Morgan fingerprint density at radius 3 is 3.16 bits per heavy atom. The molecule has 0 bridgehead atoms. The normalized spacial score (nSPS) is 19.7. The molecule has 5 heteroatoms. The molecule has 1 saturated heterocycles. The summed E-state index contributed by atoms with van der Waals surface area (Å²) in [6.07, 6.45) is 6.39. The second-order valence-electron chi connectivity index (χ2n) is 4.92. The highest BCUT2D eigenvalue weighted by atomic mass is 32.1. The van der Waals surface area contributed by atoms with Crippen LogP contribution >= 0.6 is 11.3 Å². The number of thiophene rings is 1. The predicted molar refractivity (Wildman–Crippen MR) is 77.9 cm³/mol. The second kappa shape index (κ2) is 5.84. The summed E-state index contributed by atoms with van der Waals surface area (Å²) >= 11 is 1.73. The van der Waals surface area contributed by atoms with Crippen LogP contribution in [0.15, 0.2) is 12.4 Å². The van der Waals surface area contributed by atoms with E-state index in [1.54, 1.807) is 17.7 Å². The smallest absolute Gasteiger partial charge is 0.225 e. The zero-order valence-corrected chi connectivity index (χ0v) is 12.0. The van der Waals surface area contributed by atoms with Gasteiger partial charge < -0.3 is 10.1 Å². The number of aryl methyl sites for hydroxylation is 1. The van der Waals surface area contributed by atoms with Crippen molar-refractivity contribution in [2.45, 2.75) is 38.6 Å². The number of piperidine rings is 1. The largest absolute Gasteiger partial charge is 0.475 e. The molecule has 0 saturated carbocycles. The maximum Gasteiger partial charge on any atom is 0.225 e. The number of fused-ring (bicyclic) bond motifs is 1. The van der Waals surface area contributed by atoms with Gasteiger partial charge in [0, 0.05) is 10.9 Å². The first kappa shape index (κ1) is 12.8. The van der Waals surface area contributed by atoms with Crippen LogP contribution < -0.4 is 10.1 Å². The highest BCUT2D eigenvalue weighted by Gasteiger charge is 2.15. The van der Waals surface area contributed by atoms with Crippen molar-refractivity contribution < 1.29 is 4.74 Å². The van der Waals surface area contributed by atoms with Crippen molar-refractivity contribution >= 4 is 21.6 Å². The molecule has 0 aliphatic carbocycles. The summed E-state index contributed by atoms with van der Waals surface area (Å²) in [5, 5.41) is 4.54. The molecule has 1 N–H and O–H groups in total. The van der Waals surface area contributed by atoms with Crippen LogP contribution in [0.3, 0.4) is 0 Å². The minimum Gasteiger partial charge on any atom is -0.475 e. The molecule has 1 fully saturated rings. The van der Waals surface area contributed by atoms with Gasteiger partial charge in [-0.3, -0.25) is 0 Å². The first-order valence-corrected chi connectivity index (χ1v) is 7.78. The van der Waals surface area contributed by atoms with E-state index in [1.165, 1.54) is 24.1 Å². The number of nitrogens with zero attached hydrogens (tertiary/aromatic N) is 2. The van der Waals surface area contributed by atoms with Gasteiger partial charge in [0.25, 0.3) is 0 Å². The molecule has 2 aromatic rings. The van der Waals surface area contributed by atoms with Crippen LogP contribution in [0.5, 0.6) is 5.88 Å². The molecule has 4 nitrogen and oxygen atoms in total. The van der Waals surface area contributed by atoms with Crippen LogP contribution in [0.4, 0.5) is 0 Å². The lowest BCUT2D eigenvalue weighted by atomic mass is 10.1. The SMILES string of the molecule is CCc1cc2c(OCC3CCCCN3)ncnc2s1. The molecular weight excluding hydrogens is 258 g/mol. The molecule has 3 rings (SSSR count). The molecule has 0 spiro atoms. The third-order valence-corrected chi connectivity index (χ3v) is 4.71. The fourth-order valence-corrected chi connectivity index (χ4v) is 3.34. The van der Waals surface area contributed by atoms with Crippen LogP contribution in [-0.4, -0.2) is 29.2 Å². The number of hydrogen-bond acceptors (Lipinski definition) is 5. The quantitative estimate of drug-likeness (QED) is 0.933. The highest BCUT2D eigenvalue weighted by Crippen LogP contribution is 2.29. The zero-order valence-electron chi connectivity index (χ0n) is 11.2. The Labute approximate surface area is 117 Å². The molecule has 1 aliphatic rings. The van der Waals surface area contributed by atoms with Crippen LogP contribution in [0.2, 0.25) is 0 Å². The molecular formula is C14H19N3OS. The molecule has 1 atom stereocenters. The summed E-state index contributed by atoms with van der Waals surface area (Å²) in [7, 11) is 0. The number of ether oxygens (including phenoxy) is 1. The maximum atomic E-state index is 5.91. The van der Waals surface area contributed by atoms with Crippen molar-refractivity contribution in [3.63, 3.8) is 0 Å². The number of rotatable bonds is 4. The van der Waals surface area contributed by atoms with Crippen molar-refractivity contribution in [3.05, 3.63) is 17.3 Å². The van der Waals surface area contributed by atoms with Gasteiger partial charge >= 0.3 is 0 Å². The van der Waals surface area contributed by atoms with E-state index in [1.807, 2.05) is 0 Å². The number of nitrogens with one attached hydrogen (secondary N) is 1. The molecule has 19 heavy (non-hydrogen) atoms. The standard InChI is InChI=1S/C14H19N3OS/c1-2-11-7-12-13(16-9-17-14(12)19-11)18-8-10-5-3-4-6-15-10/h7,9-10,15H,2-6,8H2,1H3. The third-order valence-electron chi connectivity index (χ3n) is 3.53. The van der Waals surface area contributed by atoms with Gasteiger partial charge in [0.15, 0.2) is 0 Å². The number of aromatic nitrogens is 2. The zero-order chi connectivity index (χ0) is 13.1. The summed E-state index contributed by atoms with van der Waals surface area (Å²) in [6.45, 7) is 3.96. The summed E-state index contributed by atoms with van der Waals surface area (Å²) in [6, 6.07) is 2.62. The van der Waals surface area contributed by atoms with Crippen LogP contribution in [0.1, 0.15) is 31.1 Å². The fourth-order valence-electron chi connectivity index (χ4n) is 2.42. The Hall–Kier alpha value is -1.20. The summed E-state index contributed by atoms with van der Waals surface area (Å²) in [4.78, 5) is 11.0. The molecule has 3 heterocycles. The molecule has 0 radical (unpaired) electrons. The highest BCUT2D eigenvalue weighted by molar-refractivity contribution is 7.18. The minimum atomic E-state index is 0.461. The Morgan fingerprint density at radius 1 is 1.42 bits per heavy atom. The Balaban J connectivity index is 1.74. The average molecular weight is 277 g/mol. The summed E-state index contributed by atoms with van der Waals surface area (Å²) in [5.74, 6) is 0.730. The van der Waals surface area contributed by atoms with E-state index < -0.39 is 0 Å². The topological polar surface area (TPSA) is 47.0 Å². The lowest BCUT2D eigenvalue weighted by Crippen LogP contribution is -2.38. The van der Waals surface area contributed by atoms with Gasteiger partial charge in [-0.25, -0.2) is 9.97 Å². The summed E-state index contributed by atoms with van der Waals surface area (Å²) < 4.78 is 5.91. The maximum absolute atomic E-state index is 5.91. The van der Waals surface area contributed by atoms with E-state index in [-0.39, 0.29) is 0 Å². The van der Waals surface area contributed by atoms with Crippen molar-refractivity contribution in [1.82, 2.24) is 15.3 Å². The Kier molecular flexibility index (Phi) is 3.94. The average Bonchev–Trinajstić information content (AvgIpc) is 2.90. The first-order valence-electron chi connectivity index (χ1n) is 6.96. The molecule has 2 aromatic heterocycles. The Bertz CT molecular complexity index is 549. The van der Waals surface area contributed by atoms with E-state index in [2.05, 4.69) is 28.3 Å². The number of hydrogen-bond donors (Lipinski definition) is 1. The second-order valence-corrected chi connectivity index (χ2v) is 6.04. The summed E-state index contributed by atoms with van der Waals surface area (Å²) in [5.41, 5.74) is 0. The molecule has 1 aliphatic heterocycles. The van der Waals surface area contributed by atoms with Gasteiger partial charge in [0.2, 0.25) is 5.88 Å². The minimum absolute atomic E-state index is 0.461. The van der Waals surface area contributed by atoms with Crippen LogP contribution in [0, 0.1) is 0 Å². The monoisotopic (exact) mass is 277 g/mol. The molecule has 0 aromatic carbocycles. The van der Waals surface area contributed by atoms with Gasteiger partial charge in [-0.1, -0.05) is 13.3 Å². The van der Waals surface area contributed by atoms with Gasteiger partial charge in [-0.2, -0.15) is 0 Å². The molecule has 0 amide bonds. The van der Waals surface area contributed by atoms with Gasteiger partial charge in [-0.05, 0) is 31.9 Å². The molecule has 1 unspecified atom stereocenters. The van der Waals surface area contributed by atoms with Crippen molar-refractivity contribution in [2.75, 3.05) is 13.2 Å².